The van der Waals surface area contributed by atoms with E-state index in [1.807, 2.05) is 49.4 Å². The molecule has 3 aromatic rings. The molecule has 0 aliphatic heterocycles. The summed E-state index contributed by atoms with van der Waals surface area (Å²) < 4.78 is 17.5. The molecule has 0 bridgehead atoms. The van der Waals surface area contributed by atoms with E-state index in [0.717, 1.165) is 23.4 Å². The fraction of sp³-hybridized carbons (Fsp3) is 0.250. The molecule has 31 heavy (non-hydrogen) atoms. The highest BCUT2D eigenvalue weighted by atomic mass is 79.9. The van der Waals surface area contributed by atoms with Gasteiger partial charge in [-0.15, -0.1) is 0 Å². The van der Waals surface area contributed by atoms with Crippen molar-refractivity contribution in [2.24, 2.45) is 0 Å². The number of rotatable bonds is 10. The second-order valence-corrected chi connectivity index (χ2v) is 7.63. The average Bonchev–Trinajstić information content (AvgIpc) is 2.81. The number of halogens is 1. The zero-order valence-electron chi connectivity index (χ0n) is 17.6. The summed E-state index contributed by atoms with van der Waals surface area (Å²) in [7, 11) is 1.56. The molecule has 0 spiro atoms. The lowest BCUT2D eigenvalue weighted by Gasteiger charge is -2.14. The molecule has 0 saturated carbocycles. The number of ether oxygens (including phenoxy) is 3. The van der Waals surface area contributed by atoms with Gasteiger partial charge in [-0.2, -0.15) is 0 Å². The fourth-order valence-electron chi connectivity index (χ4n) is 2.82. The van der Waals surface area contributed by atoms with Gasteiger partial charge in [-0.3, -0.25) is 9.78 Å². The van der Waals surface area contributed by atoms with Crippen LogP contribution in [0.1, 0.15) is 35.0 Å². The van der Waals surface area contributed by atoms with Gasteiger partial charge in [-0.05, 0) is 64.3 Å². The Kier molecular flexibility index (Phi) is 8.29. The Hall–Kier alpha value is -3.06. The molecule has 3 rings (SSSR count). The molecule has 0 fully saturated rings. The minimum Gasteiger partial charge on any atom is -0.493 e. The summed E-state index contributed by atoms with van der Waals surface area (Å²) in [6.07, 6.45) is 2.62. The predicted octanol–water partition coefficient (Wildman–Crippen LogP) is 5.15. The van der Waals surface area contributed by atoms with E-state index in [1.54, 1.807) is 25.4 Å². The Morgan fingerprint density at radius 3 is 2.58 bits per heavy atom. The zero-order valence-corrected chi connectivity index (χ0v) is 19.1. The van der Waals surface area contributed by atoms with Gasteiger partial charge in [-0.1, -0.05) is 25.1 Å². The van der Waals surface area contributed by atoms with Gasteiger partial charge in [0.05, 0.1) is 23.9 Å². The van der Waals surface area contributed by atoms with Gasteiger partial charge in [0, 0.05) is 18.3 Å². The van der Waals surface area contributed by atoms with E-state index < -0.39 is 0 Å². The first-order chi connectivity index (χ1) is 15.1. The van der Waals surface area contributed by atoms with Crippen LogP contribution in [0.15, 0.2) is 65.3 Å². The van der Waals surface area contributed by atoms with Crippen LogP contribution in [0.5, 0.6) is 17.2 Å². The minimum atomic E-state index is -0.198. The van der Waals surface area contributed by atoms with Crippen LogP contribution in [0.2, 0.25) is 0 Å². The number of methoxy groups -OCH3 is 1. The number of amides is 1. The Morgan fingerprint density at radius 2 is 1.90 bits per heavy atom. The van der Waals surface area contributed by atoms with E-state index in [-0.39, 0.29) is 5.91 Å². The lowest BCUT2D eigenvalue weighted by molar-refractivity contribution is 0.0950. The second kappa shape index (κ2) is 11.4. The first-order valence-electron chi connectivity index (χ1n) is 10.0. The highest BCUT2D eigenvalue weighted by molar-refractivity contribution is 9.10. The fourth-order valence-corrected chi connectivity index (χ4v) is 3.38. The summed E-state index contributed by atoms with van der Waals surface area (Å²) in [6, 6.07) is 16.7. The Labute approximate surface area is 190 Å². The van der Waals surface area contributed by atoms with Crippen molar-refractivity contribution in [2.75, 3.05) is 13.7 Å². The van der Waals surface area contributed by atoms with Crippen LogP contribution in [0.3, 0.4) is 0 Å². The topological polar surface area (TPSA) is 69.7 Å². The largest absolute Gasteiger partial charge is 0.493 e. The lowest BCUT2D eigenvalue weighted by atomic mass is 10.1. The summed E-state index contributed by atoms with van der Waals surface area (Å²) in [5.74, 6) is 1.66. The van der Waals surface area contributed by atoms with Gasteiger partial charge in [0.15, 0.2) is 11.5 Å². The van der Waals surface area contributed by atoms with Crippen molar-refractivity contribution >= 4 is 21.8 Å². The molecule has 1 amide bonds. The molecule has 0 unspecified atom stereocenters. The summed E-state index contributed by atoms with van der Waals surface area (Å²) >= 11 is 3.47. The van der Waals surface area contributed by atoms with Gasteiger partial charge in [0.2, 0.25) is 0 Å². The predicted molar refractivity (Wildman–Crippen MR) is 123 cm³/mol. The summed E-state index contributed by atoms with van der Waals surface area (Å²) in [5, 5.41) is 2.93. The Bertz CT molecular complexity index is 994. The maximum absolute atomic E-state index is 12.6. The van der Waals surface area contributed by atoms with Crippen molar-refractivity contribution in [1.82, 2.24) is 10.3 Å². The number of nitrogens with one attached hydrogen (secondary N) is 1. The van der Waals surface area contributed by atoms with Crippen LogP contribution < -0.4 is 19.5 Å². The van der Waals surface area contributed by atoms with Gasteiger partial charge < -0.3 is 19.5 Å². The molecule has 2 aromatic carbocycles. The van der Waals surface area contributed by atoms with Crippen LogP contribution in [-0.4, -0.2) is 24.6 Å². The van der Waals surface area contributed by atoms with E-state index in [2.05, 4.69) is 26.2 Å². The van der Waals surface area contributed by atoms with Crippen LogP contribution in [0.25, 0.3) is 0 Å². The second-order valence-electron chi connectivity index (χ2n) is 6.77. The lowest BCUT2D eigenvalue weighted by Crippen LogP contribution is -2.22. The van der Waals surface area contributed by atoms with E-state index in [9.17, 15) is 4.79 Å². The van der Waals surface area contributed by atoms with Gasteiger partial charge in [0.1, 0.15) is 12.4 Å². The van der Waals surface area contributed by atoms with Crippen molar-refractivity contribution in [2.45, 2.75) is 26.5 Å². The maximum atomic E-state index is 12.6. The number of hydrogen-bond acceptors (Lipinski definition) is 5. The number of nitrogens with zero attached hydrogens (tertiary/aromatic N) is 1. The van der Waals surface area contributed by atoms with Crippen LogP contribution >= 0.6 is 15.9 Å². The molecule has 1 aromatic heterocycles. The van der Waals surface area contributed by atoms with E-state index >= 15 is 0 Å². The molecule has 0 saturated heterocycles. The van der Waals surface area contributed by atoms with Crippen molar-refractivity contribution < 1.29 is 19.0 Å². The molecule has 0 atom stereocenters. The van der Waals surface area contributed by atoms with Crippen molar-refractivity contribution in [3.8, 4) is 17.2 Å². The SMILES string of the molecule is CCCOc1c(Br)cc(C(=O)NCc2ccc(OCc3ccccn3)cc2)cc1OC. The zero-order chi connectivity index (χ0) is 22.1. The minimum absolute atomic E-state index is 0.198. The smallest absolute Gasteiger partial charge is 0.251 e. The van der Waals surface area contributed by atoms with Gasteiger partial charge in [0.25, 0.3) is 5.91 Å². The number of carbonyl (C=O) groups excluding carboxylic acids is 1. The summed E-state index contributed by atoms with van der Waals surface area (Å²) in [5.41, 5.74) is 2.32. The van der Waals surface area contributed by atoms with E-state index in [0.29, 0.717) is 41.3 Å². The quantitative estimate of drug-likeness (QED) is 0.430. The number of hydrogen-bond donors (Lipinski definition) is 1. The molecule has 0 radical (unpaired) electrons. The van der Waals surface area contributed by atoms with Crippen LogP contribution in [-0.2, 0) is 13.2 Å². The molecule has 1 N–H and O–H groups in total. The normalized spacial score (nSPS) is 10.4. The summed E-state index contributed by atoms with van der Waals surface area (Å²) in [6.45, 7) is 3.41. The van der Waals surface area contributed by atoms with Gasteiger partial charge in [-0.25, -0.2) is 0 Å². The highest BCUT2D eigenvalue weighted by Crippen LogP contribution is 2.36. The third-order valence-corrected chi connectivity index (χ3v) is 5.02. The van der Waals surface area contributed by atoms with Crippen molar-refractivity contribution in [1.29, 1.82) is 0 Å². The number of pyridine rings is 1. The van der Waals surface area contributed by atoms with Crippen molar-refractivity contribution in [3.05, 3.63) is 82.1 Å². The van der Waals surface area contributed by atoms with E-state index in [1.165, 1.54) is 0 Å². The van der Waals surface area contributed by atoms with Crippen LogP contribution in [0, 0.1) is 0 Å². The molecule has 1 heterocycles. The Morgan fingerprint density at radius 1 is 1.10 bits per heavy atom. The Balaban J connectivity index is 1.57. The first kappa shape index (κ1) is 22.6. The van der Waals surface area contributed by atoms with Crippen molar-refractivity contribution in [3.63, 3.8) is 0 Å². The molecule has 0 aliphatic carbocycles. The maximum Gasteiger partial charge on any atom is 0.251 e. The first-order valence-corrected chi connectivity index (χ1v) is 10.8. The van der Waals surface area contributed by atoms with Gasteiger partial charge >= 0.3 is 0 Å². The molecule has 0 aliphatic rings. The summed E-state index contributed by atoms with van der Waals surface area (Å²) in [4.78, 5) is 16.9. The number of carbonyl (C=O) groups is 1. The number of benzene rings is 2. The third kappa shape index (κ3) is 6.46. The molecule has 6 nitrogen and oxygen atoms in total. The molecule has 7 heteroatoms. The molecular weight excluding hydrogens is 460 g/mol. The van der Waals surface area contributed by atoms with E-state index in [4.69, 9.17) is 14.2 Å². The monoisotopic (exact) mass is 484 g/mol. The standard InChI is InChI=1S/C24H25BrN2O4/c1-3-12-30-23-21(25)13-18(14-22(23)29-2)24(28)27-15-17-7-9-20(10-8-17)31-16-19-6-4-5-11-26-19/h4-11,13-14H,3,12,15-16H2,1-2H3,(H,27,28). The number of aromatic nitrogens is 1. The average molecular weight is 485 g/mol. The van der Waals surface area contributed by atoms with Crippen LogP contribution in [0.4, 0.5) is 0 Å². The highest BCUT2D eigenvalue weighted by Gasteiger charge is 2.15. The molecule has 162 valence electrons. The molecular formula is C24H25BrN2O4. The third-order valence-electron chi connectivity index (χ3n) is 4.43.